The second-order valence-electron chi connectivity index (χ2n) is 4.73. The molecule has 0 saturated carbocycles. The van der Waals surface area contributed by atoms with E-state index >= 15 is 0 Å². The van der Waals surface area contributed by atoms with Crippen molar-refractivity contribution in [3.05, 3.63) is 39.4 Å². The Hall–Kier alpha value is -1.08. The van der Waals surface area contributed by atoms with Gasteiger partial charge in [0, 0.05) is 18.1 Å². The predicted molar refractivity (Wildman–Crippen MR) is 80.6 cm³/mol. The van der Waals surface area contributed by atoms with E-state index in [1.807, 2.05) is 13.0 Å². The Morgan fingerprint density at radius 1 is 1.33 bits per heavy atom. The van der Waals surface area contributed by atoms with E-state index in [4.69, 9.17) is 28.3 Å². The van der Waals surface area contributed by atoms with Gasteiger partial charge in [0.15, 0.2) is 0 Å². The summed E-state index contributed by atoms with van der Waals surface area (Å²) >= 11 is 11.8. The summed E-state index contributed by atoms with van der Waals surface area (Å²) in [5, 5.41) is 8.76. The number of carboxylic acids is 1. The summed E-state index contributed by atoms with van der Waals surface area (Å²) in [6.45, 7) is 2.49. The fourth-order valence-corrected chi connectivity index (χ4v) is 4.28. The summed E-state index contributed by atoms with van der Waals surface area (Å²) < 4.78 is 26.5. The van der Waals surface area contributed by atoms with E-state index in [1.165, 1.54) is 10.4 Å². The summed E-state index contributed by atoms with van der Waals surface area (Å²) in [7, 11) is -3.89. The number of aromatic carboxylic acids is 1. The summed E-state index contributed by atoms with van der Waals surface area (Å²) in [4.78, 5) is 10.8. The van der Waals surface area contributed by atoms with Crippen LogP contribution >= 0.6 is 23.2 Å². The highest BCUT2D eigenvalue weighted by Crippen LogP contribution is 2.32. The van der Waals surface area contributed by atoms with Gasteiger partial charge in [-0.15, -0.1) is 0 Å². The molecule has 0 aromatic heterocycles. The number of benzene rings is 1. The molecule has 0 saturated heterocycles. The molecule has 8 heteroatoms. The lowest BCUT2D eigenvalue weighted by Crippen LogP contribution is -2.35. The molecule has 21 heavy (non-hydrogen) atoms. The molecule has 114 valence electrons. The number of carboxylic acid groups (broad SMARTS) is 1. The number of hydrogen-bond donors (Lipinski definition) is 1. The summed E-state index contributed by atoms with van der Waals surface area (Å²) in [6.07, 6.45) is 2.45. The first kappa shape index (κ1) is 16.3. The van der Waals surface area contributed by atoms with Crippen molar-refractivity contribution in [3.8, 4) is 0 Å². The van der Waals surface area contributed by atoms with Crippen LogP contribution in [0.5, 0.6) is 0 Å². The van der Waals surface area contributed by atoms with E-state index in [0.29, 0.717) is 13.0 Å². The molecule has 0 radical (unpaired) electrons. The van der Waals surface area contributed by atoms with Gasteiger partial charge in [-0.1, -0.05) is 34.9 Å². The highest BCUT2D eigenvalue weighted by Gasteiger charge is 2.30. The van der Waals surface area contributed by atoms with Gasteiger partial charge in [-0.3, -0.25) is 0 Å². The first-order valence-corrected chi connectivity index (χ1v) is 8.31. The third-order valence-electron chi connectivity index (χ3n) is 3.25. The standard InChI is InChI=1S/C13H13Cl2NO4S/c1-8-2-4-16(5-3-8)21(19,20)11-7-9(14)6-10(12(11)15)13(17)18/h2,6-7H,3-5H2,1H3,(H,17,18). The molecule has 0 spiro atoms. The number of halogens is 2. The highest BCUT2D eigenvalue weighted by atomic mass is 35.5. The van der Waals surface area contributed by atoms with E-state index < -0.39 is 16.0 Å². The van der Waals surface area contributed by atoms with Crippen LogP contribution in [-0.4, -0.2) is 36.9 Å². The number of carbonyl (C=O) groups is 1. The molecule has 0 bridgehead atoms. The molecule has 1 aromatic rings. The predicted octanol–water partition coefficient (Wildman–Crippen LogP) is 3.03. The van der Waals surface area contributed by atoms with E-state index in [2.05, 4.69) is 0 Å². The van der Waals surface area contributed by atoms with Crippen LogP contribution in [0.3, 0.4) is 0 Å². The fourth-order valence-electron chi connectivity index (χ4n) is 2.02. The summed E-state index contributed by atoms with van der Waals surface area (Å²) in [5.41, 5.74) is 0.788. The van der Waals surface area contributed by atoms with Crippen LogP contribution in [-0.2, 0) is 10.0 Å². The SMILES string of the molecule is CC1=CCN(S(=O)(=O)c2cc(Cl)cc(C(=O)O)c2Cl)CC1. The second kappa shape index (κ2) is 5.96. The third-order valence-corrected chi connectivity index (χ3v) is 5.88. The Labute approximate surface area is 132 Å². The first-order valence-electron chi connectivity index (χ1n) is 6.11. The molecule has 0 fully saturated rings. The molecule has 0 amide bonds. The normalized spacial score (nSPS) is 16.6. The van der Waals surface area contributed by atoms with Gasteiger partial charge in [-0.25, -0.2) is 13.2 Å². The van der Waals surface area contributed by atoms with Crippen LogP contribution in [0.15, 0.2) is 28.7 Å². The zero-order chi connectivity index (χ0) is 15.8. The molecular weight excluding hydrogens is 337 g/mol. The minimum Gasteiger partial charge on any atom is -0.478 e. The molecular formula is C13H13Cl2NO4S. The van der Waals surface area contributed by atoms with Gasteiger partial charge in [0.25, 0.3) is 0 Å². The van der Waals surface area contributed by atoms with Crippen molar-refractivity contribution in [1.82, 2.24) is 4.31 Å². The maximum atomic E-state index is 12.6. The number of sulfonamides is 1. The highest BCUT2D eigenvalue weighted by molar-refractivity contribution is 7.89. The van der Waals surface area contributed by atoms with Gasteiger partial charge in [0.05, 0.1) is 10.6 Å². The Morgan fingerprint density at radius 3 is 2.52 bits per heavy atom. The minimum atomic E-state index is -3.89. The van der Waals surface area contributed by atoms with Crippen LogP contribution < -0.4 is 0 Å². The van der Waals surface area contributed by atoms with Crippen LogP contribution in [0.1, 0.15) is 23.7 Å². The average molecular weight is 350 g/mol. The number of rotatable bonds is 3. The van der Waals surface area contributed by atoms with E-state index in [-0.39, 0.29) is 27.0 Å². The molecule has 1 aliphatic heterocycles. The van der Waals surface area contributed by atoms with Crippen LogP contribution in [0.4, 0.5) is 0 Å². The van der Waals surface area contributed by atoms with Crippen molar-refractivity contribution in [1.29, 1.82) is 0 Å². The molecule has 1 N–H and O–H groups in total. The maximum Gasteiger partial charge on any atom is 0.337 e. The van der Waals surface area contributed by atoms with Crippen molar-refractivity contribution in [2.75, 3.05) is 13.1 Å². The Morgan fingerprint density at radius 2 is 2.00 bits per heavy atom. The fraction of sp³-hybridized carbons (Fsp3) is 0.308. The van der Waals surface area contributed by atoms with E-state index in [1.54, 1.807) is 0 Å². The Kier molecular flexibility index (Phi) is 4.63. The van der Waals surface area contributed by atoms with Gasteiger partial charge >= 0.3 is 5.97 Å². The molecule has 2 rings (SSSR count). The molecule has 1 heterocycles. The molecule has 0 atom stereocenters. The summed E-state index contributed by atoms with van der Waals surface area (Å²) in [6, 6.07) is 2.31. The van der Waals surface area contributed by atoms with Crippen molar-refractivity contribution in [3.63, 3.8) is 0 Å². The van der Waals surface area contributed by atoms with Gasteiger partial charge < -0.3 is 5.11 Å². The van der Waals surface area contributed by atoms with Gasteiger partial charge in [0.1, 0.15) is 4.90 Å². The Balaban J connectivity index is 2.53. The largest absolute Gasteiger partial charge is 0.478 e. The van der Waals surface area contributed by atoms with E-state index in [0.717, 1.165) is 11.6 Å². The third kappa shape index (κ3) is 3.23. The molecule has 1 aromatic carbocycles. The minimum absolute atomic E-state index is 0.0131. The molecule has 0 aliphatic carbocycles. The molecule has 5 nitrogen and oxygen atoms in total. The maximum absolute atomic E-state index is 12.6. The van der Waals surface area contributed by atoms with Crippen molar-refractivity contribution >= 4 is 39.2 Å². The number of nitrogens with zero attached hydrogens (tertiary/aromatic N) is 1. The van der Waals surface area contributed by atoms with Crippen molar-refractivity contribution < 1.29 is 18.3 Å². The van der Waals surface area contributed by atoms with Gasteiger partial charge in [0.2, 0.25) is 10.0 Å². The molecule has 1 aliphatic rings. The van der Waals surface area contributed by atoms with Gasteiger partial charge in [-0.2, -0.15) is 4.31 Å². The summed E-state index contributed by atoms with van der Waals surface area (Å²) in [5.74, 6) is -1.33. The second-order valence-corrected chi connectivity index (χ2v) is 7.45. The van der Waals surface area contributed by atoms with Crippen LogP contribution in [0.25, 0.3) is 0 Å². The zero-order valence-electron chi connectivity index (χ0n) is 11.1. The van der Waals surface area contributed by atoms with Crippen LogP contribution in [0.2, 0.25) is 10.0 Å². The quantitative estimate of drug-likeness (QED) is 0.851. The lowest BCUT2D eigenvalue weighted by molar-refractivity contribution is 0.0697. The first-order chi connectivity index (χ1) is 9.73. The van der Waals surface area contributed by atoms with Crippen molar-refractivity contribution in [2.45, 2.75) is 18.2 Å². The van der Waals surface area contributed by atoms with Crippen molar-refractivity contribution in [2.24, 2.45) is 0 Å². The van der Waals surface area contributed by atoms with Gasteiger partial charge in [-0.05, 0) is 25.5 Å². The zero-order valence-corrected chi connectivity index (χ0v) is 13.5. The smallest absolute Gasteiger partial charge is 0.337 e. The Bertz CT molecular complexity index is 728. The number of hydrogen-bond acceptors (Lipinski definition) is 3. The lowest BCUT2D eigenvalue weighted by Gasteiger charge is -2.25. The average Bonchev–Trinajstić information content (AvgIpc) is 2.41. The van der Waals surface area contributed by atoms with E-state index in [9.17, 15) is 13.2 Å². The van der Waals surface area contributed by atoms with Crippen LogP contribution in [0, 0.1) is 0 Å². The monoisotopic (exact) mass is 349 g/mol. The lowest BCUT2D eigenvalue weighted by atomic mass is 10.1. The molecule has 0 unspecified atom stereocenters. The topological polar surface area (TPSA) is 74.7 Å².